The van der Waals surface area contributed by atoms with Crippen molar-refractivity contribution in [3.8, 4) is 23.0 Å². The molecule has 35 heavy (non-hydrogen) atoms. The van der Waals surface area contributed by atoms with Gasteiger partial charge in [0.25, 0.3) is 0 Å². The van der Waals surface area contributed by atoms with Crippen LogP contribution in [0.4, 0.5) is 17.5 Å². The first-order valence-electron chi connectivity index (χ1n) is 11.9. The molecule has 1 amide bonds. The minimum atomic E-state index is -0.259. The van der Waals surface area contributed by atoms with Gasteiger partial charge in [-0.25, -0.2) is 4.98 Å². The Morgan fingerprint density at radius 3 is 2.34 bits per heavy atom. The monoisotopic (exact) mass is 485 g/mol. The van der Waals surface area contributed by atoms with Gasteiger partial charge in [0.1, 0.15) is 17.5 Å². The van der Waals surface area contributed by atoms with Gasteiger partial charge in [-0.05, 0) is 31.6 Å². The number of carbonyl (C=O) groups excluding carboxylic acids is 1. The zero-order valence-corrected chi connectivity index (χ0v) is 21.5. The first-order valence-corrected chi connectivity index (χ1v) is 11.9. The van der Waals surface area contributed by atoms with Gasteiger partial charge in [0, 0.05) is 25.2 Å². The number of nitrogens with zero attached hydrogens (tertiary/aromatic N) is 3. The maximum absolute atomic E-state index is 12.5. The molecule has 1 aliphatic carbocycles. The summed E-state index contributed by atoms with van der Waals surface area (Å²) in [5, 5.41) is 6.44. The molecule has 10 heteroatoms. The maximum Gasteiger partial charge on any atom is 0.247 e. The molecule has 0 spiro atoms. The molecule has 1 saturated carbocycles. The molecule has 1 unspecified atom stereocenters. The number of methoxy groups -OCH3 is 3. The smallest absolute Gasteiger partial charge is 0.247 e. The van der Waals surface area contributed by atoms with Crippen LogP contribution in [0.2, 0.25) is 0 Å². The SMILES string of the molecule is COc1cc(OC[C@H]2C[C@@H](Nc3nc(C)c4c(n3)N(C)C(C(C)C)C(=O)N4)C2)cc(OC)c1OC. The average molecular weight is 486 g/mol. The van der Waals surface area contributed by atoms with Crippen LogP contribution in [-0.4, -0.2) is 62.9 Å². The van der Waals surface area contributed by atoms with Gasteiger partial charge in [-0.1, -0.05) is 13.8 Å². The van der Waals surface area contributed by atoms with Crippen molar-refractivity contribution >= 4 is 23.4 Å². The summed E-state index contributed by atoms with van der Waals surface area (Å²) in [6.07, 6.45) is 1.90. The number of amides is 1. The summed E-state index contributed by atoms with van der Waals surface area (Å²) in [4.78, 5) is 23.8. The van der Waals surface area contributed by atoms with Crippen molar-refractivity contribution in [2.45, 2.75) is 45.7 Å². The van der Waals surface area contributed by atoms with Crippen molar-refractivity contribution < 1.29 is 23.7 Å². The van der Waals surface area contributed by atoms with E-state index in [1.165, 1.54) is 0 Å². The topological polar surface area (TPSA) is 107 Å². The average Bonchev–Trinajstić information content (AvgIpc) is 2.80. The Labute approximate surface area is 206 Å². The number of nitrogens with one attached hydrogen (secondary N) is 2. The Bertz CT molecular complexity index is 1060. The van der Waals surface area contributed by atoms with Gasteiger partial charge in [0.15, 0.2) is 17.3 Å². The van der Waals surface area contributed by atoms with Crippen molar-refractivity contribution in [3.63, 3.8) is 0 Å². The third kappa shape index (κ3) is 4.87. The lowest BCUT2D eigenvalue weighted by Gasteiger charge is -2.38. The van der Waals surface area contributed by atoms with Crippen LogP contribution in [0.5, 0.6) is 23.0 Å². The lowest BCUT2D eigenvalue weighted by molar-refractivity contribution is -0.118. The number of rotatable bonds is 9. The summed E-state index contributed by atoms with van der Waals surface area (Å²) in [6.45, 7) is 6.55. The summed E-state index contributed by atoms with van der Waals surface area (Å²) in [5.41, 5.74) is 1.44. The summed E-state index contributed by atoms with van der Waals surface area (Å²) >= 11 is 0. The molecular formula is C25H35N5O5. The largest absolute Gasteiger partial charge is 0.493 e. The fourth-order valence-corrected chi connectivity index (χ4v) is 4.81. The fraction of sp³-hybridized carbons (Fsp3) is 0.560. The Morgan fingerprint density at radius 1 is 1.11 bits per heavy atom. The van der Waals surface area contributed by atoms with Gasteiger partial charge in [-0.2, -0.15) is 4.98 Å². The minimum absolute atomic E-state index is 0.0173. The first-order chi connectivity index (χ1) is 16.7. The zero-order chi connectivity index (χ0) is 25.3. The molecule has 1 fully saturated rings. The van der Waals surface area contributed by atoms with E-state index in [9.17, 15) is 4.79 Å². The normalized spacial score (nSPS) is 21.1. The number of ether oxygens (including phenoxy) is 4. The molecule has 190 valence electrons. The van der Waals surface area contributed by atoms with Gasteiger partial charge >= 0.3 is 0 Å². The molecule has 0 bridgehead atoms. The highest BCUT2D eigenvalue weighted by Gasteiger charge is 2.36. The molecular weight excluding hydrogens is 450 g/mol. The lowest BCUT2D eigenvalue weighted by atomic mass is 9.81. The van der Waals surface area contributed by atoms with E-state index in [-0.39, 0.29) is 23.9 Å². The third-order valence-corrected chi connectivity index (χ3v) is 6.66. The highest BCUT2D eigenvalue weighted by Crippen LogP contribution is 2.41. The van der Waals surface area contributed by atoms with Crippen LogP contribution in [0.25, 0.3) is 0 Å². The molecule has 2 aliphatic rings. The van der Waals surface area contributed by atoms with Crippen molar-refractivity contribution in [3.05, 3.63) is 17.8 Å². The third-order valence-electron chi connectivity index (χ3n) is 6.66. The van der Waals surface area contributed by atoms with Gasteiger partial charge in [-0.3, -0.25) is 4.79 Å². The molecule has 1 atom stereocenters. The second-order valence-corrected chi connectivity index (χ2v) is 9.47. The van der Waals surface area contributed by atoms with Crippen molar-refractivity contribution in [1.29, 1.82) is 0 Å². The number of anilines is 3. The predicted molar refractivity (Wildman–Crippen MR) is 134 cm³/mol. The van der Waals surface area contributed by atoms with Crippen LogP contribution in [0, 0.1) is 18.8 Å². The van der Waals surface area contributed by atoms with E-state index in [0.29, 0.717) is 47.2 Å². The van der Waals surface area contributed by atoms with E-state index < -0.39 is 0 Å². The van der Waals surface area contributed by atoms with Crippen molar-refractivity contribution in [1.82, 2.24) is 9.97 Å². The van der Waals surface area contributed by atoms with Gasteiger partial charge in [0.2, 0.25) is 17.6 Å². The number of fused-ring (bicyclic) bond motifs is 1. The van der Waals surface area contributed by atoms with Gasteiger partial charge in [0.05, 0.1) is 33.6 Å². The molecule has 10 nitrogen and oxygen atoms in total. The second kappa shape index (κ2) is 10.1. The highest BCUT2D eigenvalue weighted by atomic mass is 16.5. The number of hydrogen-bond acceptors (Lipinski definition) is 9. The van der Waals surface area contributed by atoms with Crippen LogP contribution < -0.4 is 34.5 Å². The van der Waals surface area contributed by atoms with Crippen LogP contribution in [0.3, 0.4) is 0 Å². The van der Waals surface area contributed by atoms with E-state index in [4.69, 9.17) is 23.9 Å². The Balaban J connectivity index is 1.36. The number of hydrogen-bond donors (Lipinski definition) is 2. The standard InChI is InChI=1S/C25H35N5O5/c1-13(2)21-24(31)28-20-14(3)26-25(29-23(20)30(21)4)27-16-8-15(9-16)12-35-17-10-18(32-5)22(34-7)19(11-17)33-6/h10-11,13,15-16,21H,8-9,12H2,1-7H3,(H,28,31)(H,26,27,29)/t15-,16+,21?. The Hall–Kier alpha value is -3.43. The minimum Gasteiger partial charge on any atom is -0.493 e. The molecule has 2 aromatic rings. The molecule has 4 rings (SSSR count). The van der Waals surface area contributed by atoms with Gasteiger partial charge < -0.3 is 34.5 Å². The fourth-order valence-electron chi connectivity index (χ4n) is 4.81. The van der Waals surface area contributed by atoms with Crippen LogP contribution >= 0.6 is 0 Å². The van der Waals surface area contributed by atoms with E-state index in [1.807, 2.05) is 32.7 Å². The van der Waals surface area contributed by atoms with E-state index in [1.54, 1.807) is 33.5 Å². The second-order valence-electron chi connectivity index (χ2n) is 9.47. The van der Waals surface area contributed by atoms with Crippen LogP contribution in [-0.2, 0) is 4.79 Å². The van der Waals surface area contributed by atoms with Crippen molar-refractivity contribution in [2.24, 2.45) is 11.8 Å². The molecule has 0 radical (unpaired) electrons. The lowest BCUT2D eigenvalue weighted by Crippen LogP contribution is -2.50. The quantitative estimate of drug-likeness (QED) is 0.552. The molecule has 2 heterocycles. The number of likely N-dealkylation sites (N-methyl/N-ethyl adjacent to an activating group) is 1. The molecule has 1 aromatic heterocycles. The summed E-state index contributed by atoms with van der Waals surface area (Å²) in [7, 11) is 6.66. The number of benzene rings is 1. The molecule has 0 saturated heterocycles. The molecule has 1 aliphatic heterocycles. The Morgan fingerprint density at radius 2 is 1.77 bits per heavy atom. The maximum atomic E-state index is 12.5. The van der Waals surface area contributed by atoms with Crippen LogP contribution in [0.1, 0.15) is 32.4 Å². The number of aryl methyl sites for hydroxylation is 1. The summed E-state index contributed by atoms with van der Waals surface area (Å²) in [5.74, 6) is 4.24. The van der Waals surface area contributed by atoms with Gasteiger partial charge in [-0.15, -0.1) is 0 Å². The highest BCUT2D eigenvalue weighted by molar-refractivity contribution is 6.03. The van der Waals surface area contributed by atoms with E-state index in [2.05, 4.69) is 15.6 Å². The predicted octanol–water partition coefficient (Wildman–Crippen LogP) is 3.49. The van der Waals surface area contributed by atoms with E-state index in [0.717, 1.165) is 24.4 Å². The van der Waals surface area contributed by atoms with E-state index >= 15 is 0 Å². The molecule has 2 N–H and O–H groups in total. The summed E-state index contributed by atoms with van der Waals surface area (Å²) < 4.78 is 22.2. The van der Waals surface area contributed by atoms with Crippen LogP contribution in [0.15, 0.2) is 12.1 Å². The first kappa shape index (κ1) is 24.7. The zero-order valence-electron chi connectivity index (χ0n) is 21.5. The number of carbonyl (C=O) groups is 1. The Kier molecular flexibility index (Phi) is 7.09. The summed E-state index contributed by atoms with van der Waals surface area (Å²) in [6, 6.07) is 3.62. The van der Waals surface area contributed by atoms with Crippen molar-refractivity contribution in [2.75, 3.05) is 50.5 Å². The molecule has 1 aromatic carbocycles. The number of aromatic nitrogens is 2.